The number of benzene rings is 1. The van der Waals surface area contributed by atoms with Gasteiger partial charge in [0, 0.05) is 10.9 Å². The fourth-order valence-electron chi connectivity index (χ4n) is 2.83. The lowest BCUT2D eigenvalue weighted by Gasteiger charge is -2.30. The van der Waals surface area contributed by atoms with E-state index >= 15 is 0 Å². The summed E-state index contributed by atoms with van der Waals surface area (Å²) >= 11 is 4.33. The van der Waals surface area contributed by atoms with Crippen LogP contribution < -0.4 is 0 Å². The van der Waals surface area contributed by atoms with Crippen LogP contribution in [0.15, 0.2) is 29.2 Å². The second-order valence-corrected chi connectivity index (χ2v) is 6.12. The fraction of sp³-hybridized carbons (Fsp3) is 0.667. The molecule has 0 bridgehead atoms. The van der Waals surface area contributed by atoms with Crippen molar-refractivity contribution >= 4 is 12.6 Å². The molecular formula is C18H31NS. The van der Waals surface area contributed by atoms with Gasteiger partial charge in [0.15, 0.2) is 0 Å². The first-order valence-electron chi connectivity index (χ1n) is 8.23. The highest BCUT2D eigenvalue weighted by Crippen LogP contribution is 2.14. The first-order valence-corrected chi connectivity index (χ1v) is 8.67. The van der Waals surface area contributed by atoms with Crippen LogP contribution in [-0.4, -0.2) is 24.0 Å². The molecule has 1 nitrogen and oxygen atoms in total. The number of unbranched alkanes of at least 4 members (excludes halogenated alkanes) is 1. The fourth-order valence-corrected chi connectivity index (χ4v) is 2.98. The number of hydrogen-bond donors (Lipinski definition) is 1. The number of hydrogen-bond acceptors (Lipinski definition) is 2. The molecule has 0 aromatic heterocycles. The van der Waals surface area contributed by atoms with Crippen molar-refractivity contribution in [1.29, 1.82) is 0 Å². The van der Waals surface area contributed by atoms with E-state index in [4.69, 9.17) is 0 Å². The van der Waals surface area contributed by atoms with E-state index in [1.807, 2.05) is 0 Å². The Bertz CT molecular complexity index is 347. The Balaban J connectivity index is 2.37. The normalized spacial score (nSPS) is 12.8. The number of nitrogens with zero attached hydrogens (tertiary/aromatic N) is 1. The van der Waals surface area contributed by atoms with Gasteiger partial charge in [0.25, 0.3) is 0 Å². The molecule has 1 unspecified atom stereocenters. The SMILES string of the molecule is CCCCC(CC)N(CC)CCCc1ccc(S)cc1. The maximum Gasteiger partial charge on any atom is 0.00925 e. The average molecular weight is 294 g/mol. The standard InChI is InChI=1S/C18H31NS/c1-4-7-10-17(5-2)19(6-3)15-8-9-16-11-13-18(20)14-12-16/h11-14,17,20H,4-10,15H2,1-3H3. The second-order valence-electron chi connectivity index (χ2n) is 5.60. The lowest BCUT2D eigenvalue weighted by atomic mass is 10.0. The monoisotopic (exact) mass is 293 g/mol. The van der Waals surface area contributed by atoms with Crippen LogP contribution in [0.5, 0.6) is 0 Å². The predicted molar refractivity (Wildman–Crippen MR) is 92.9 cm³/mol. The van der Waals surface area contributed by atoms with Crippen molar-refractivity contribution in [2.45, 2.75) is 70.2 Å². The van der Waals surface area contributed by atoms with Crippen molar-refractivity contribution in [2.24, 2.45) is 0 Å². The van der Waals surface area contributed by atoms with E-state index in [1.165, 1.54) is 57.2 Å². The van der Waals surface area contributed by atoms with Crippen LogP contribution in [0.2, 0.25) is 0 Å². The van der Waals surface area contributed by atoms with Gasteiger partial charge in [-0.3, -0.25) is 0 Å². The van der Waals surface area contributed by atoms with Gasteiger partial charge in [-0.1, -0.05) is 45.7 Å². The Morgan fingerprint density at radius 3 is 2.30 bits per heavy atom. The van der Waals surface area contributed by atoms with Gasteiger partial charge in [0.05, 0.1) is 0 Å². The van der Waals surface area contributed by atoms with Gasteiger partial charge in [-0.2, -0.15) is 0 Å². The predicted octanol–water partition coefficient (Wildman–Crippen LogP) is 5.20. The zero-order chi connectivity index (χ0) is 14.8. The molecule has 0 radical (unpaired) electrons. The molecule has 0 spiro atoms. The van der Waals surface area contributed by atoms with Crippen LogP contribution in [0.25, 0.3) is 0 Å². The molecule has 20 heavy (non-hydrogen) atoms. The van der Waals surface area contributed by atoms with Crippen LogP contribution >= 0.6 is 12.6 Å². The highest BCUT2D eigenvalue weighted by molar-refractivity contribution is 7.80. The molecule has 2 heteroatoms. The quantitative estimate of drug-likeness (QED) is 0.580. The molecule has 1 aromatic carbocycles. The largest absolute Gasteiger partial charge is 0.301 e. The maximum atomic E-state index is 4.33. The third kappa shape index (κ3) is 6.32. The molecule has 0 aliphatic rings. The van der Waals surface area contributed by atoms with E-state index in [2.05, 4.69) is 62.6 Å². The molecule has 0 N–H and O–H groups in total. The van der Waals surface area contributed by atoms with Crippen molar-refractivity contribution in [1.82, 2.24) is 4.90 Å². The smallest absolute Gasteiger partial charge is 0.00925 e. The molecule has 0 heterocycles. The molecule has 0 aliphatic carbocycles. The van der Waals surface area contributed by atoms with Gasteiger partial charge in [0.2, 0.25) is 0 Å². The molecular weight excluding hydrogens is 262 g/mol. The third-order valence-corrected chi connectivity index (χ3v) is 4.43. The van der Waals surface area contributed by atoms with Crippen molar-refractivity contribution in [2.75, 3.05) is 13.1 Å². The zero-order valence-electron chi connectivity index (χ0n) is 13.4. The van der Waals surface area contributed by atoms with Gasteiger partial charge < -0.3 is 4.90 Å². The summed E-state index contributed by atoms with van der Waals surface area (Å²) in [7, 11) is 0. The van der Waals surface area contributed by atoms with E-state index in [0.29, 0.717) is 0 Å². The summed E-state index contributed by atoms with van der Waals surface area (Å²) in [5.74, 6) is 0. The molecule has 1 rings (SSSR count). The first kappa shape index (κ1) is 17.6. The van der Waals surface area contributed by atoms with E-state index in [-0.39, 0.29) is 0 Å². The highest BCUT2D eigenvalue weighted by atomic mass is 32.1. The molecule has 0 amide bonds. The van der Waals surface area contributed by atoms with E-state index in [9.17, 15) is 0 Å². The van der Waals surface area contributed by atoms with Crippen molar-refractivity contribution in [3.05, 3.63) is 29.8 Å². The Labute approximate surface area is 131 Å². The van der Waals surface area contributed by atoms with Gasteiger partial charge in [-0.25, -0.2) is 0 Å². The molecule has 1 atom stereocenters. The Kier molecular flexibility index (Phi) is 9.04. The van der Waals surface area contributed by atoms with Crippen LogP contribution in [0.1, 0.15) is 58.4 Å². The topological polar surface area (TPSA) is 3.24 Å². The minimum Gasteiger partial charge on any atom is -0.301 e. The minimum atomic E-state index is 0.778. The highest BCUT2D eigenvalue weighted by Gasteiger charge is 2.13. The van der Waals surface area contributed by atoms with Crippen LogP contribution in [-0.2, 0) is 6.42 Å². The van der Waals surface area contributed by atoms with Crippen LogP contribution in [0.3, 0.4) is 0 Å². The summed E-state index contributed by atoms with van der Waals surface area (Å²) in [6.45, 7) is 9.31. The Morgan fingerprint density at radius 1 is 1.05 bits per heavy atom. The summed E-state index contributed by atoms with van der Waals surface area (Å²) in [5.41, 5.74) is 1.43. The van der Waals surface area contributed by atoms with Crippen LogP contribution in [0, 0.1) is 0 Å². The third-order valence-electron chi connectivity index (χ3n) is 4.13. The van der Waals surface area contributed by atoms with Gasteiger partial charge >= 0.3 is 0 Å². The van der Waals surface area contributed by atoms with E-state index in [1.54, 1.807) is 0 Å². The maximum absolute atomic E-state index is 4.33. The molecule has 1 aromatic rings. The number of rotatable bonds is 10. The van der Waals surface area contributed by atoms with Crippen molar-refractivity contribution in [3.8, 4) is 0 Å². The molecule has 0 saturated heterocycles. The Morgan fingerprint density at radius 2 is 1.75 bits per heavy atom. The van der Waals surface area contributed by atoms with Crippen molar-refractivity contribution in [3.63, 3.8) is 0 Å². The Hall–Kier alpha value is -0.470. The summed E-state index contributed by atoms with van der Waals surface area (Å²) in [4.78, 5) is 3.72. The van der Waals surface area contributed by atoms with E-state index in [0.717, 1.165) is 10.9 Å². The van der Waals surface area contributed by atoms with Gasteiger partial charge in [-0.15, -0.1) is 12.6 Å². The molecule has 114 valence electrons. The molecule has 0 aliphatic heterocycles. The minimum absolute atomic E-state index is 0.778. The average Bonchev–Trinajstić information content (AvgIpc) is 2.47. The molecule has 0 saturated carbocycles. The van der Waals surface area contributed by atoms with Gasteiger partial charge in [-0.05, 0) is 56.5 Å². The summed E-state index contributed by atoms with van der Waals surface area (Å²) in [6, 6.07) is 9.36. The summed E-state index contributed by atoms with van der Waals surface area (Å²) < 4.78 is 0. The van der Waals surface area contributed by atoms with Crippen LogP contribution in [0.4, 0.5) is 0 Å². The second kappa shape index (κ2) is 10.3. The number of thiol groups is 1. The lowest BCUT2D eigenvalue weighted by Crippen LogP contribution is -2.35. The number of aryl methyl sites for hydroxylation is 1. The first-order chi connectivity index (χ1) is 9.71. The summed E-state index contributed by atoms with van der Waals surface area (Å²) in [6.07, 6.45) is 7.73. The van der Waals surface area contributed by atoms with Crippen molar-refractivity contribution < 1.29 is 0 Å². The lowest BCUT2D eigenvalue weighted by molar-refractivity contribution is 0.186. The van der Waals surface area contributed by atoms with Gasteiger partial charge in [0.1, 0.15) is 0 Å². The van der Waals surface area contributed by atoms with E-state index < -0.39 is 0 Å². The molecule has 0 fully saturated rings. The summed E-state index contributed by atoms with van der Waals surface area (Å²) in [5, 5.41) is 0. The zero-order valence-corrected chi connectivity index (χ0v) is 14.3.